The summed E-state index contributed by atoms with van der Waals surface area (Å²) in [6.07, 6.45) is 0.0550. The third-order valence-corrected chi connectivity index (χ3v) is 1.28. The van der Waals surface area contributed by atoms with E-state index < -0.39 is 6.09 Å². The van der Waals surface area contributed by atoms with Crippen molar-refractivity contribution in [2.75, 3.05) is 5.73 Å². The normalized spacial score (nSPS) is 8.92. The molecule has 68 valence electrons. The summed E-state index contributed by atoms with van der Waals surface area (Å²) in [5, 5.41) is 8.63. The lowest BCUT2D eigenvalue weighted by molar-refractivity contribution is 0.206. The first-order valence-electron chi connectivity index (χ1n) is 3.55. The number of rotatable bonds is 2. The van der Waals surface area contributed by atoms with Gasteiger partial charge in [0.2, 0.25) is 0 Å². The molecule has 0 saturated heterocycles. The molecule has 0 fully saturated rings. The van der Waals surface area contributed by atoms with E-state index in [1.165, 1.54) is 0 Å². The summed E-state index contributed by atoms with van der Waals surface area (Å²) in [7, 11) is 0. The third-order valence-electron chi connectivity index (χ3n) is 1.28. The summed E-state index contributed by atoms with van der Waals surface area (Å²) in [6.45, 7) is 0. The number of ether oxygens (including phenoxy) is 1. The van der Waals surface area contributed by atoms with Gasteiger partial charge in [0.1, 0.15) is 5.75 Å². The van der Waals surface area contributed by atoms with Gasteiger partial charge in [0, 0.05) is 5.69 Å². The summed E-state index contributed by atoms with van der Waals surface area (Å²) in [4.78, 5) is 10.8. The third kappa shape index (κ3) is 2.82. The van der Waals surface area contributed by atoms with Crippen molar-refractivity contribution in [3.05, 3.63) is 24.3 Å². The minimum atomic E-state index is -0.695. The van der Waals surface area contributed by atoms with Crippen LogP contribution in [-0.4, -0.2) is 12.4 Å². The Labute approximate surface area is 75.0 Å². The molecule has 1 rings (SSSR count). The van der Waals surface area contributed by atoms with E-state index >= 15 is 0 Å². The Kier molecular flexibility index (Phi) is 2.86. The Morgan fingerprint density at radius 2 is 2.08 bits per heavy atom. The van der Waals surface area contributed by atoms with E-state index in [0.29, 0.717) is 11.4 Å². The first-order valence-corrected chi connectivity index (χ1v) is 3.55. The lowest BCUT2D eigenvalue weighted by Crippen LogP contribution is -2.24. The van der Waals surface area contributed by atoms with Crippen LogP contribution in [0.1, 0.15) is 0 Å². The monoisotopic (exact) mass is 179 g/mol. The van der Waals surface area contributed by atoms with Crippen molar-refractivity contribution in [2.24, 2.45) is 0 Å². The van der Waals surface area contributed by atoms with Crippen molar-refractivity contribution in [3.63, 3.8) is 0 Å². The molecule has 1 aromatic carbocycles. The maximum absolute atomic E-state index is 10.8. The van der Waals surface area contributed by atoms with Crippen molar-refractivity contribution in [3.8, 4) is 5.75 Å². The fraction of sp³-hybridized carbons (Fsp3) is 0. The van der Waals surface area contributed by atoms with Crippen LogP contribution >= 0.6 is 0 Å². The quantitative estimate of drug-likeness (QED) is 0.359. The number of carbonyl (C=O) groups excluding carboxylic acids is 1. The van der Waals surface area contributed by atoms with Gasteiger partial charge in [-0.15, -0.1) is 0 Å². The lowest BCUT2D eigenvalue weighted by atomic mass is 10.3. The largest absolute Gasteiger partial charge is 0.417 e. The van der Waals surface area contributed by atoms with Crippen LogP contribution in [0, 0.1) is 5.41 Å². The van der Waals surface area contributed by atoms with Gasteiger partial charge >= 0.3 is 6.09 Å². The van der Waals surface area contributed by atoms with E-state index in [-0.39, 0.29) is 0 Å². The van der Waals surface area contributed by atoms with E-state index in [4.69, 9.17) is 15.9 Å². The maximum atomic E-state index is 10.8. The number of nitrogen functional groups attached to an aromatic ring is 1. The van der Waals surface area contributed by atoms with Gasteiger partial charge < -0.3 is 10.5 Å². The fourth-order valence-corrected chi connectivity index (χ4v) is 0.731. The van der Waals surface area contributed by atoms with Crippen LogP contribution in [0.25, 0.3) is 0 Å². The van der Waals surface area contributed by atoms with E-state index in [1.807, 2.05) is 0 Å². The predicted molar refractivity (Wildman–Crippen MR) is 48.8 cm³/mol. The molecule has 0 aromatic heterocycles. The van der Waals surface area contributed by atoms with Gasteiger partial charge in [-0.05, 0) is 24.3 Å². The van der Waals surface area contributed by atoms with Crippen molar-refractivity contribution in [2.45, 2.75) is 0 Å². The number of hydrogen-bond acceptors (Lipinski definition) is 4. The molecule has 0 bridgehead atoms. The van der Waals surface area contributed by atoms with Crippen molar-refractivity contribution in [1.82, 2.24) is 5.32 Å². The molecule has 0 heterocycles. The SMILES string of the molecule is N=CNC(=O)Oc1ccc(N)cc1. The zero-order chi connectivity index (χ0) is 9.68. The lowest BCUT2D eigenvalue weighted by Gasteiger charge is -2.02. The van der Waals surface area contributed by atoms with E-state index in [9.17, 15) is 4.79 Å². The van der Waals surface area contributed by atoms with Crippen molar-refractivity contribution in [1.29, 1.82) is 5.41 Å². The second kappa shape index (κ2) is 4.10. The summed E-state index contributed by atoms with van der Waals surface area (Å²) in [6, 6.07) is 6.37. The Morgan fingerprint density at radius 1 is 1.46 bits per heavy atom. The maximum Gasteiger partial charge on any atom is 0.417 e. The highest BCUT2D eigenvalue weighted by atomic mass is 16.5. The predicted octanol–water partition coefficient (Wildman–Crippen LogP) is 0.964. The topological polar surface area (TPSA) is 88.2 Å². The molecule has 0 atom stereocenters. The molecular weight excluding hydrogens is 170 g/mol. The van der Waals surface area contributed by atoms with Crippen LogP contribution < -0.4 is 15.8 Å². The number of amides is 1. The Hall–Kier alpha value is -2.04. The van der Waals surface area contributed by atoms with Crippen LogP contribution in [0.15, 0.2) is 24.3 Å². The van der Waals surface area contributed by atoms with E-state index in [2.05, 4.69) is 5.32 Å². The number of hydrogen-bond donors (Lipinski definition) is 3. The number of carbonyl (C=O) groups is 1. The van der Waals surface area contributed by atoms with Gasteiger partial charge in [0.15, 0.2) is 0 Å². The zero-order valence-corrected chi connectivity index (χ0v) is 6.78. The van der Waals surface area contributed by atoms with E-state index in [0.717, 1.165) is 6.34 Å². The average Bonchev–Trinajstić information content (AvgIpc) is 2.09. The second-order valence-corrected chi connectivity index (χ2v) is 2.25. The van der Waals surface area contributed by atoms with Gasteiger partial charge in [-0.1, -0.05) is 0 Å². The molecule has 1 amide bonds. The van der Waals surface area contributed by atoms with E-state index in [1.54, 1.807) is 24.3 Å². The van der Waals surface area contributed by atoms with Crippen molar-refractivity contribution < 1.29 is 9.53 Å². The minimum Gasteiger partial charge on any atom is -0.410 e. The fourth-order valence-electron chi connectivity index (χ4n) is 0.731. The Balaban J connectivity index is 2.59. The van der Waals surface area contributed by atoms with Crippen LogP contribution in [0.4, 0.5) is 10.5 Å². The molecule has 4 N–H and O–H groups in total. The molecule has 0 unspecified atom stereocenters. The van der Waals surface area contributed by atoms with Gasteiger partial charge in [-0.3, -0.25) is 10.7 Å². The molecule has 5 nitrogen and oxygen atoms in total. The number of anilines is 1. The zero-order valence-electron chi connectivity index (χ0n) is 6.78. The molecule has 5 heteroatoms. The van der Waals surface area contributed by atoms with Crippen molar-refractivity contribution >= 4 is 18.1 Å². The van der Waals surface area contributed by atoms with Gasteiger partial charge in [0.25, 0.3) is 0 Å². The Bertz CT molecular complexity index is 308. The van der Waals surface area contributed by atoms with Crippen LogP contribution in [-0.2, 0) is 0 Å². The smallest absolute Gasteiger partial charge is 0.410 e. The van der Waals surface area contributed by atoms with Crippen LogP contribution in [0.5, 0.6) is 5.75 Å². The number of nitrogens with two attached hydrogens (primary N) is 1. The minimum absolute atomic E-state index is 0.383. The molecule has 0 aliphatic carbocycles. The first kappa shape index (κ1) is 9.05. The standard InChI is InChI=1S/C8H9N3O2/c9-5-11-8(12)13-7-3-1-6(10)2-4-7/h1-5H,10H2,(H2,9,11,12). The average molecular weight is 179 g/mol. The van der Waals surface area contributed by atoms with Gasteiger partial charge in [-0.25, -0.2) is 4.79 Å². The molecule has 0 saturated carbocycles. The van der Waals surface area contributed by atoms with Gasteiger partial charge in [-0.2, -0.15) is 0 Å². The molecule has 0 spiro atoms. The molecule has 0 radical (unpaired) electrons. The highest BCUT2D eigenvalue weighted by Crippen LogP contribution is 2.12. The molecule has 0 aliphatic rings. The summed E-state index contributed by atoms with van der Waals surface area (Å²) in [5.74, 6) is 0.383. The first-order chi connectivity index (χ1) is 6.22. The number of benzene rings is 1. The molecule has 0 aliphatic heterocycles. The molecule has 1 aromatic rings. The summed E-state index contributed by atoms with van der Waals surface area (Å²) >= 11 is 0. The van der Waals surface area contributed by atoms with Gasteiger partial charge in [0.05, 0.1) is 6.34 Å². The highest BCUT2D eigenvalue weighted by Gasteiger charge is 2.00. The number of nitrogens with one attached hydrogen (secondary N) is 2. The molecule has 13 heavy (non-hydrogen) atoms. The second-order valence-electron chi connectivity index (χ2n) is 2.25. The van der Waals surface area contributed by atoms with Crippen LogP contribution in [0.2, 0.25) is 0 Å². The Morgan fingerprint density at radius 3 is 2.62 bits per heavy atom. The summed E-state index contributed by atoms with van der Waals surface area (Å²) < 4.78 is 4.75. The summed E-state index contributed by atoms with van der Waals surface area (Å²) in [5.41, 5.74) is 6.02. The highest BCUT2D eigenvalue weighted by molar-refractivity contribution is 5.82. The molecular formula is C8H9N3O2. The van der Waals surface area contributed by atoms with Crippen LogP contribution in [0.3, 0.4) is 0 Å².